The van der Waals surface area contributed by atoms with Crippen LogP contribution in [-0.2, 0) is 19.6 Å². The van der Waals surface area contributed by atoms with E-state index < -0.39 is 10.0 Å². The first-order valence-corrected chi connectivity index (χ1v) is 11.7. The molecule has 0 bridgehead atoms. The van der Waals surface area contributed by atoms with Crippen LogP contribution in [0.3, 0.4) is 0 Å². The summed E-state index contributed by atoms with van der Waals surface area (Å²) < 4.78 is 22.6. The van der Waals surface area contributed by atoms with Gasteiger partial charge in [0.15, 0.2) is 12.6 Å². The molecule has 10 heteroatoms. The van der Waals surface area contributed by atoms with Crippen LogP contribution in [0.2, 0.25) is 0 Å². The number of nitrogens with zero attached hydrogens (tertiary/aromatic N) is 1. The number of anilines is 1. The highest BCUT2D eigenvalue weighted by molar-refractivity contribution is 7.89. The van der Waals surface area contributed by atoms with Crippen molar-refractivity contribution < 1.29 is 27.8 Å². The minimum Gasteiger partial charge on any atom is -0.338 e. The summed E-state index contributed by atoms with van der Waals surface area (Å²) in [6, 6.07) is 5.59. The van der Waals surface area contributed by atoms with Crippen molar-refractivity contribution in [1.82, 2.24) is 4.90 Å². The fraction of sp³-hybridized carbons (Fsp3) is 0.579. The number of carbonyl (C=O) groups excluding carboxylic acids is 2. The molecule has 2 fully saturated rings. The summed E-state index contributed by atoms with van der Waals surface area (Å²) in [4.78, 5) is 29.4. The first kappa shape index (κ1) is 21.7. The summed E-state index contributed by atoms with van der Waals surface area (Å²) in [5.74, 6) is 0.134. The number of likely N-dealkylation sites (tertiary alicyclic amines) is 1. The molecule has 1 atom stereocenters. The molecule has 2 aliphatic rings. The molecule has 29 heavy (non-hydrogen) atoms. The normalized spacial score (nSPS) is 23.6. The van der Waals surface area contributed by atoms with Crippen molar-refractivity contribution in [3.8, 4) is 0 Å². The van der Waals surface area contributed by atoms with Gasteiger partial charge in [-0.05, 0) is 44.0 Å². The Morgan fingerprint density at radius 1 is 1.10 bits per heavy atom. The minimum atomic E-state index is -3.75. The van der Waals surface area contributed by atoms with Crippen LogP contribution in [0.4, 0.5) is 5.69 Å². The molecule has 0 unspecified atom stereocenters. The van der Waals surface area contributed by atoms with E-state index in [0.29, 0.717) is 12.2 Å². The Hall–Kier alpha value is -2.01. The van der Waals surface area contributed by atoms with Gasteiger partial charge in [-0.15, -0.1) is 0 Å². The second-order valence-corrected chi connectivity index (χ2v) is 9.51. The average Bonchev–Trinajstić information content (AvgIpc) is 3.23. The lowest BCUT2D eigenvalue weighted by molar-refractivity contribution is -1.01. The molecule has 5 N–H and O–H groups in total. The zero-order chi connectivity index (χ0) is 21.0. The van der Waals surface area contributed by atoms with E-state index in [1.165, 1.54) is 34.1 Å². The van der Waals surface area contributed by atoms with Crippen molar-refractivity contribution >= 4 is 27.5 Å². The number of sulfonamides is 1. The van der Waals surface area contributed by atoms with Gasteiger partial charge in [0.1, 0.15) is 26.2 Å². The lowest BCUT2D eigenvalue weighted by Gasteiger charge is -2.32. The Bertz CT molecular complexity index is 829. The number of nitrogens with two attached hydrogens (primary N) is 1. The lowest BCUT2D eigenvalue weighted by atomic mass is 10.2. The maximum absolute atomic E-state index is 12.6. The minimum absolute atomic E-state index is 0.0109. The Kier molecular flexibility index (Phi) is 6.89. The van der Waals surface area contributed by atoms with E-state index in [2.05, 4.69) is 5.32 Å². The van der Waals surface area contributed by atoms with Crippen LogP contribution in [0.5, 0.6) is 0 Å². The summed E-state index contributed by atoms with van der Waals surface area (Å²) in [6.07, 6.45) is 2.22. The van der Waals surface area contributed by atoms with E-state index in [1.54, 1.807) is 0 Å². The maximum Gasteiger partial charge on any atom is 0.282 e. The number of benzene rings is 1. The summed E-state index contributed by atoms with van der Waals surface area (Å²) >= 11 is 0. The standard InChI is InChI=1S/C19H29N5O4S/c1-15(19(26)21-16-4-6-17(7-5-16)29(20,27)28)23-12-10-22(11-13-23)14-18(25)24-8-2-3-9-24/h4-7,15H,2-3,8-14H2,1H3,(H,21,26)(H2,20,27,28)/p+2/t15-/m0/s1. The second kappa shape index (κ2) is 9.21. The average molecular weight is 426 g/mol. The van der Waals surface area contributed by atoms with Crippen molar-refractivity contribution in [2.45, 2.75) is 30.7 Å². The Morgan fingerprint density at radius 2 is 1.69 bits per heavy atom. The van der Waals surface area contributed by atoms with E-state index in [-0.39, 0.29) is 22.8 Å². The van der Waals surface area contributed by atoms with Crippen LogP contribution in [0.25, 0.3) is 0 Å². The van der Waals surface area contributed by atoms with Gasteiger partial charge in [0.25, 0.3) is 11.8 Å². The van der Waals surface area contributed by atoms with Gasteiger partial charge in [0.2, 0.25) is 10.0 Å². The van der Waals surface area contributed by atoms with E-state index >= 15 is 0 Å². The topological polar surface area (TPSA) is 118 Å². The summed E-state index contributed by atoms with van der Waals surface area (Å²) in [5.41, 5.74) is 0.536. The Morgan fingerprint density at radius 3 is 2.24 bits per heavy atom. The van der Waals surface area contributed by atoms with Gasteiger partial charge >= 0.3 is 0 Å². The lowest BCUT2D eigenvalue weighted by Crippen LogP contribution is -3.30. The van der Waals surface area contributed by atoms with Crippen LogP contribution < -0.4 is 20.3 Å². The molecule has 2 amide bonds. The van der Waals surface area contributed by atoms with Crippen molar-refractivity contribution in [3.05, 3.63) is 24.3 Å². The number of quaternary nitrogens is 2. The molecule has 2 heterocycles. The van der Waals surface area contributed by atoms with Crippen LogP contribution in [0, 0.1) is 0 Å². The molecule has 2 saturated heterocycles. The molecule has 1 aromatic rings. The molecule has 0 spiro atoms. The highest BCUT2D eigenvalue weighted by Crippen LogP contribution is 2.12. The van der Waals surface area contributed by atoms with Crippen molar-refractivity contribution in [2.24, 2.45) is 5.14 Å². The number of piperazine rings is 1. The van der Waals surface area contributed by atoms with E-state index in [9.17, 15) is 18.0 Å². The van der Waals surface area contributed by atoms with Gasteiger partial charge in [-0.2, -0.15) is 0 Å². The van der Waals surface area contributed by atoms with E-state index in [4.69, 9.17) is 5.14 Å². The van der Waals surface area contributed by atoms with Crippen LogP contribution >= 0.6 is 0 Å². The number of primary sulfonamides is 1. The third-order valence-electron chi connectivity index (χ3n) is 5.92. The summed E-state index contributed by atoms with van der Waals surface area (Å²) in [7, 11) is -3.75. The molecular formula is C19H31N5O4S+2. The van der Waals surface area contributed by atoms with E-state index in [0.717, 1.165) is 52.1 Å². The quantitative estimate of drug-likeness (QED) is 0.390. The fourth-order valence-corrected chi connectivity index (χ4v) is 4.51. The SMILES string of the molecule is C[C@@H](C(=O)Nc1ccc(S(N)(=O)=O)cc1)[NH+]1CC[NH+](CC(=O)N2CCCC2)CC1. The fourth-order valence-electron chi connectivity index (χ4n) is 3.99. The predicted molar refractivity (Wildman–Crippen MR) is 108 cm³/mol. The maximum atomic E-state index is 12.6. The molecule has 0 saturated carbocycles. The van der Waals surface area contributed by atoms with E-state index in [1.807, 2.05) is 11.8 Å². The predicted octanol–water partition coefficient (Wildman–Crippen LogP) is -2.93. The summed E-state index contributed by atoms with van der Waals surface area (Å²) in [5, 5.41) is 7.92. The molecule has 9 nitrogen and oxygen atoms in total. The highest BCUT2D eigenvalue weighted by atomic mass is 32.2. The number of amides is 2. The van der Waals surface area contributed by atoms with Crippen LogP contribution in [0.15, 0.2) is 29.2 Å². The number of nitrogens with one attached hydrogen (secondary N) is 3. The molecule has 3 rings (SSSR count). The Balaban J connectivity index is 1.46. The van der Waals surface area contributed by atoms with Crippen LogP contribution in [-0.4, -0.2) is 77.0 Å². The zero-order valence-electron chi connectivity index (χ0n) is 16.8. The largest absolute Gasteiger partial charge is 0.338 e. The molecule has 160 valence electrons. The van der Waals surface area contributed by atoms with Gasteiger partial charge in [-0.25, -0.2) is 13.6 Å². The highest BCUT2D eigenvalue weighted by Gasteiger charge is 2.32. The number of hydrogen-bond acceptors (Lipinski definition) is 4. The van der Waals surface area contributed by atoms with Crippen molar-refractivity contribution in [2.75, 3.05) is 51.1 Å². The second-order valence-electron chi connectivity index (χ2n) is 7.95. The first-order chi connectivity index (χ1) is 13.7. The van der Waals surface area contributed by atoms with Gasteiger partial charge in [0.05, 0.1) is 4.90 Å². The third kappa shape index (κ3) is 5.75. The first-order valence-electron chi connectivity index (χ1n) is 10.1. The number of carbonyl (C=O) groups is 2. The van der Waals surface area contributed by atoms with Crippen molar-refractivity contribution in [3.63, 3.8) is 0 Å². The molecular weight excluding hydrogens is 394 g/mol. The van der Waals surface area contributed by atoms with Crippen molar-refractivity contribution in [1.29, 1.82) is 0 Å². The van der Waals surface area contributed by atoms with Gasteiger partial charge < -0.3 is 20.0 Å². The molecule has 2 aliphatic heterocycles. The molecule has 0 aromatic heterocycles. The van der Waals surface area contributed by atoms with Gasteiger partial charge in [0, 0.05) is 18.8 Å². The van der Waals surface area contributed by atoms with Gasteiger partial charge in [-0.1, -0.05) is 0 Å². The zero-order valence-corrected chi connectivity index (χ0v) is 17.6. The molecule has 0 radical (unpaired) electrons. The van der Waals surface area contributed by atoms with Crippen LogP contribution in [0.1, 0.15) is 19.8 Å². The Labute approximate surface area is 171 Å². The monoisotopic (exact) mass is 425 g/mol. The van der Waals surface area contributed by atoms with Gasteiger partial charge in [-0.3, -0.25) is 9.59 Å². The third-order valence-corrected chi connectivity index (χ3v) is 6.84. The number of rotatable bonds is 6. The smallest absolute Gasteiger partial charge is 0.282 e. The number of hydrogen-bond donors (Lipinski definition) is 4. The summed E-state index contributed by atoms with van der Waals surface area (Å²) in [6.45, 7) is 7.63. The molecule has 1 aromatic carbocycles. The molecule has 0 aliphatic carbocycles.